The molecule has 150 valence electrons. The van der Waals surface area contributed by atoms with Crippen molar-refractivity contribution in [3.05, 3.63) is 53.7 Å². The van der Waals surface area contributed by atoms with Gasteiger partial charge in [0.1, 0.15) is 5.82 Å². The van der Waals surface area contributed by atoms with Crippen LogP contribution in [-0.2, 0) is 11.8 Å². The number of carbonyl (C=O) groups excluding carboxylic acids is 1. The van der Waals surface area contributed by atoms with Crippen molar-refractivity contribution in [3.63, 3.8) is 0 Å². The molecule has 0 radical (unpaired) electrons. The highest BCUT2D eigenvalue weighted by molar-refractivity contribution is 7.99. The van der Waals surface area contributed by atoms with Crippen molar-refractivity contribution in [2.24, 2.45) is 7.05 Å². The fraction of sp³-hybridized carbons (Fsp3) is 0.300. The van der Waals surface area contributed by atoms with E-state index in [9.17, 15) is 4.79 Å². The summed E-state index contributed by atoms with van der Waals surface area (Å²) in [5.41, 5.74) is 0.938. The first-order chi connectivity index (χ1) is 14.1. The van der Waals surface area contributed by atoms with Gasteiger partial charge in [0, 0.05) is 50.0 Å². The molecule has 0 unspecified atom stereocenters. The van der Waals surface area contributed by atoms with E-state index in [4.69, 9.17) is 11.6 Å². The second kappa shape index (κ2) is 8.84. The Kier molecular flexibility index (Phi) is 6.01. The van der Waals surface area contributed by atoms with E-state index in [0.717, 1.165) is 35.5 Å². The van der Waals surface area contributed by atoms with Gasteiger partial charge in [0.25, 0.3) is 0 Å². The van der Waals surface area contributed by atoms with Gasteiger partial charge < -0.3 is 14.4 Å². The molecule has 0 atom stereocenters. The Labute approximate surface area is 178 Å². The summed E-state index contributed by atoms with van der Waals surface area (Å²) >= 11 is 7.36. The van der Waals surface area contributed by atoms with Crippen LogP contribution in [-0.4, -0.2) is 62.5 Å². The summed E-state index contributed by atoms with van der Waals surface area (Å²) < 4.78 is 1.90. The van der Waals surface area contributed by atoms with Gasteiger partial charge in [-0.05, 0) is 36.4 Å². The first kappa shape index (κ1) is 19.7. The summed E-state index contributed by atoms with van der Waals surface area (Å²) in [4.78, 5) is 21.1. The van der Waals surface area contributed by atoms with Crippen LogP contribution in [0.1, 0.15) is 0 Å². The van der Waals surface area contributed by atoms with Gasteiger partial charge in [0.05, 0.1) is 5.75 Å². The molecule has 4 rings (SSSR count). The van der Waals surface area contributed by atoms with Gasteiger partial charge in [-0.25, -0.2) is 4.98 Å². The van der Waals surface area contributed by atoms with Crippen molar-refractivity contribution in [2.45, 2.75) is 5.16 Å². The number of pyridine rings is 1. The van der Waals surface area contributed by atoms with Gasteiger partial charge in [0.15, 0.2) is 11.0 Å². The second-order valence-corrected chi connectivity index (χ2v) is 8.10. The molecule has 0 saturated carbocycles. The molecule has 29 heavy (non-hydrogen) atoms. The number of carbonyl (C=O) groups is 1. The molecule has 2 aromatic heterocycles. The summed E-state index contributed by atoms with van der Waals surface area (Å²) in [5, 5.41) is 9.90. The quantitative estimate of drug-likeness (QED) is 0.582. The van der Waals surface area contributed by atoms with Crippen LogP contribution in [0.2, 0.25) is 5.02 Å². The smallest absolute Gasteiger partial charge is 0.233 e. The first-order valence-electron chi connectivity index (χ1n) is 9.34. The number of benzene rings is 1. The monoisotopic (exact) mass is 428 g/mol. The van der Waals surface area contributed by atoms with Crippen molar-refractivity contribution in [3.8, 4) is 11.4 Å². The molecule has 1 amide bonds. The van der Waals surface area contributed by atoms with E-state index in [1.807, 2.05) is 59.0 Å². The van der Waals surface area contributed by atoms with Crippen LogP contribution in [0, 0.1) is 0 Å². The van der Waals surface area contributed by atoms with Crippen LogP contribution in [0.4, 0.5) is 5.82 Å². The van der Waals surface area contributed by atoms with Crippen molar-refractivity contribution in [1.82, 2.24) is 24.6 Å². The Bertz CT molecular complexity index is 970. The molecule has 1 aliphatic rings. The molecular weight excluding hydrogens is 408 g/mol. The van der Waals surface area contributed by atoms with E-state index >= 15 is 0 Å². The first-order valence-corrected chi connectivity index (χ1v) is 10.7. The predicted octanol–water partition coefficient (Wildman–Crippen LogP) is 2.97. The molecule has 0 N–H and O–H groups in total. The number of amides is 1. The molecule has 1 aromatic carbocycles. The van der Waals surface area contributed by atoms with Crippen LogP contribution in [0.25, 0.3) is 11.4 Å². The molecule has 9 heteroatoms. The molecule has 0 bridgehead atoms. The lowest BCUT2D eigenvalue weighted by atomic mass is 10.2. The van der Waals surface area contributed by atoms with E-state index in [1.54, 1.807) is 6.20 Å². The van der Waals surface area contributed by atoms with E-state index in [2.05, 4.69) is 20.1 Å². The Morgan fingerprint density at radius 2 is 1.83 bits per heavy atom. The lowest BCUT2D eigenvalue weighted by molar-refractivity contribution is -0.128. The molecule has 1 aliphatic heterocycles. The molecule has 3 heterocycles. The number of anilines is 1. The summed E-state index contributed by atoms with van der Waals surface area (Å²) in [6.45, 7) is 2.98. The fourth-order valence-electron chi connectivity index (χ4n) is 3.23. The highest BCUT2D eigenvalue weighted by Gasteiger charge is 2.22. The molecular formula is C20H21ClN6OS. The summed E-state index contributed by atoms with van der Waals surface area (Å²) in [7, 11) is 1.91. The van der Waals surface area contributed by atoms with Crippen molar-refractivity contribution in [2.75, 3.05) is 36.8 Å². The number of nitrogens with zero attached hydrogens (tertiary/aromatic N) is 6. The molecule has 1 saturated heterocycles. The maximum Gasteiger partial charge on any atom is 0.233 e. The van der Waals surface area contributed by atoms with Crippen LogP contribution in [0.3, 0.4) is 0 Å². The summed E-state index contributed by atoms with van der Waals surface area (Å²) in [6, 6.07) is 13.4. The maximum atomic E-state index is 12.6. The Morgan fingerprint density at radius 1 is 1.07 bits per heavy atom. The van der Waals surface area contributed by atoms with Crippen LogP contribution in [0.15, 0.2) is 53.8 Å². The van der Waals surface area contributed by atoms with Crippen molar-refractivity contribution in [1.29, 1.82) is 0 Å². The SMILES string of the molecule is Cn1c(SCC(=O)N2CCN(c3ccccn3)CC2)nnc1-c1ccc(Cl)cc1. The van der Waals surface area contributed by atoms with Gasteiger partial charge in [-0.3, -0.25) is 4.79 Å². The number of halogens is 1. The lowest BCUT2D eigenvalue weighted by Crippen LogP contribution is -2.49. The van der Waals surface area contributed by atoms with Gasteiger partial charge in [-0.2, -0.15) is 0 Å². The molecule has 1 fully saturated rings. The zero-order chi connectivity index (χ0) is 20.2. The highest BCUT2D eigenvalue weighted by atomic mass is 35.5. The number of rotatable bonds is 5. The van der Waals surface area contributed by atoms with Gasteiger partial charge in [-0.1, -0.05) is 29.4 Å². The normalized spacial score (nSPS) is 14.3. The summed E-state index contributed by atoms with van der Waals surface area (Å²) in [5.74, 6) is 2.17. The molecule has 7 nitrogen and oxygen atoms in total. The average molecular weight is 429 g/mol. The number of hydrogen-bond acceptors (Lipinski definition) is 6. The standard InChI is InChI=1S/C20H21ClN6OS/c1-25-19(15-5-7-16(21)8-6-15)23-24-20(25)29-14-18(28)27-12-10-26(11-13-27)17-4-2-3-9-22-17/h2-9H,10-14H2,1H3. The van der Waals surface area contributed by atoms with Crippen molar-refractivity contribution >= 4 is 35.1 Å². The highest BCUT2D eigenvalue weighted by Crippen LogP contribution is 2.24. The maximum absolute atomic E-state index is 12.6. The van der Waals surface area contributed by atoms with Crippen LogP contribution >= 0.6 is 23.4 Å². The molecule has 0 aliphatic carbocycles. The van der Waals surface area contributed by atoms with E-state index < -0.39 is 0 Å². The third-order valence-electron chi connectivity index (χ3n) is 4.87. The van der Waals surface area contributed by atoms with E-state index in [0.29, 0.717) is 23.9 Å². The van der Waals surface area contributed by atoms with Gasteiger partial charge in [0.2, 0.25) is 5.91 Å². The minimum Gasteiger partial charge on any atom is -0.353 e. The Balaban J connectivity index is 1.32. The minimum atomic E-state index is 0.117. The largest absolute Gasteiger partial charge is 0.353 e. The third-order valence-corrected chi connectivity index (χ3v) is 6.12. The summed E-state index contributed by atoms with van der Waals surface area (Å²) in [6.07, 6.45) is 1.79. The number of piperazine rings is 1. The molecule has 3 aromatic rings. The fourth-order valence-corrected chi connectivity index (χ4v) is 4.17. The van der Waals surface area contributed by atoms with Crippen molar-refractivity contribution < 1.29 is 4.79 Å². The van der Waals surface area contributed by atoms with E-state index in [1.165, 1.54) is 11.8 Å². The van der Waals surface area contributed by atoms with Gasteiger partial charge >= 0.3 is 0 Å². The number of thioether (sulfide) groups is 1. The lowest BCUT2D eigenvalue weighted by Gasteiger charge is -2.35. The second-order valence-electron chi connectivity index (χ2n) is 6.72. The minimum absolute atomic E-state index is 0.117. The Morgan fingerprint density at radius 3 is 2.52 bits per heavy atom. The zero-order valence-electron chi connectivity index (χ0n) is 16.0. The average Bonchev–Trinajstić information content (AvgIpc) is 3.13. The molecule has 0 spiro atoms. The Hall–Kier alpha value is -2.58. The third kappa shape index (κ3) is 4.54. The topological polar surface area (TPSA) is 67.2 Å². The number of hydrogen-bond donors (Lipinski definition) is 0. The number of aromatic nitrogens is 4. The van der Waals surface area contributed by atoms with Crippen LogP contribution < -0.4 is 4.90 Å². The van der Waals surface area contributed by atoms with E-state index in [-0.39, 0.29) is 5.91 Å². The predicted molar refractivity (Wildman–Crippen MR) is 115 cm³/mol. The van der Waals surface area contributed by atoms with Crippen LogP contribution in [0.5, 0.6) is 0 Å². The zero-order valence-corrected chi connectivity index (χ0v) is 17.6. The van der Waals surface area contributed by atoms with Gasteiger partial charge in [-0.15, -0.1) is 10.2 Å².